The number of fused-ring (bicyclic) bond motifs is 1. The molecule has 0 unspecified atom stereocenters. The number of rotatable bonds is 6. The number of halogens is 1. The zero-order valence-electron chi connectivity index (χ0n) is 17.7. The van der Waals surface area contributed by atoms with Gasteiger partial charge in [-0.05, 0) is 61.0 Å². The van der Waals surface area contributed by atoms with Crippen LogP contribution in [-0.4, -0.2) is 26.6 Å². The van der Waals surface area contributed by atoms with Crippen molar-refractivity contribution in [3.8, 4) is 11.4 Å². The number of nitrogens with zero attached hydrogens (tertiary/aromatic N) is 4. The second-order valence-corrected chi connectivity index (χ2v) is 9.36. The first kappa shape index (κ1) is 21.6. The minimum absolute atomic E-state index is 0.299. The Kier molecular flexibility index (Phi) is 5.86. The molecular weight excluding hydrogens is 500 g/mol. The zero-order chi connectivity index (χ0) is 22.9. The molecule has 1 aromatic heterocycles. The van der Waals surface area contributed by atoms with E-state index in [4.69, 9.17) is 0 Å². The van der Waals surface area contributed by atoms with Crippen molar-refractivity contribution in [2.24, 2.45) is 0 Å². The molecule has 8 heteroatoms. The number of carbonyl (C=O) groups is 2. The van der Waals surface area contributed by atoms with Crippen LogP contribution in [0.15, 0.2) is 82.4 Å². The number of anilines is 1. The van der Waals surface area contributed by atoms with Gasteiger partial charge in [-0.2, -0.15) is 0 Å². The molecule has 164 valence electrons. The number of amides is 2. The van der Waals surface area contributed by atoms with E-state index in [0.717, 1.165) is 33.3 Å². The number of hydrogen-bond acceptors (Lipinski definition) is 5. The third kappa shape index (κ3) is 4.00. The van der Waals surface area contributed by atoms with Crippen LogP contribution in [0.2, 0.25) is 0 Å². The summed E-state index contributed by atoms with van der Waals surface area (Å²) in [6.45, 7) is 2.79. The predicted octanol–water partition coefficient (Wildman–Crippen LogP) is 5.82. The number of imide groups is 1. The maximum Gasteiger partial charge on any atom is 0.266 e. The molecule has 0 fully saturated rings. The highest BCUT2D eigenvalue weighted by molar-refractivity contribution is 9.10. The third-order valence-electron chi connectivity index (χ3n) is 5.49. The van der Waals surface area contributed by atoms with Crippen molar-refractivity contribution in [1.82, 2.24) is 14.8 Å². The lowest BCUT2D eigenvalue weighted by atomic mass is 10.1. The molecule has 0 aliphatic carbocycles. The van der Waals surface area contributed by atoms with Crippen molar-refractivity contribution in [3.63, 3.8) is 0 Å². The summed E-state index contributed by atoms with van der Waals surface area (Å²) in [4.78, 5) is 26.7. The van der Waals surface area contributed by atoms with Gasteiger partial charge in [0.15, 0.2) is 11.0 Å². The van der Waals surface area contributed by atoms with Gasteiger partial charge in [0.25, 0.3) is 11.8 Å². The lowest BCUT2D eigenvalue weighted by molar-refractivity contribution is 0.0926. The summed E-state index contributed by atoms with van der Waals surface area (Å²) in [7, 11) is 0. The van der Waals surface area contributed by atoms with E-state index in [-0.39, 0.29) is 11.8 Å². The molecule has 33 heavy (non-hydrogen) atoms. The minimum Gasteiger partial charge on any atom is -0.302 e. The molecule has 6 nitrogen and oxygen atoms in total. The summed E-state index contributed by atoms with van der Waals surface area (Å²) in [6.07, 6.45) is 0. The Morgan fingerprint density at radius 1 is 0.848 bits per heavy atom. The highest BCUT2D eigenvalue weighted by atomic mass is 79.9. The molecule has 5 rings (SSSR count). The Balaban J connectivity index is 1.37. The molecule has 0 spiro atoms. The standard InChI is InChI=1S/C25H19BrN4O2S/c1-2-29-22(27-28-25(29)33-15-16-7-11-18(26)12-8-16)17-9-13-19(14-10-17)30-23(31)20-5-3-4-6-21(20)24(30)32/h3-14H,2,15H2,1H3. The van der Waals surface area contributed by atoms with Gasteiger partial charge in [0.05, 0.1) is 16.8 Å². The molecule has 0 bridgehead atoms. The van der Waals surface area contributed by atoms with Gasteiger partial charge < -0.3 is 4.57 Å². The normalized spacial score (nSPS) is 13.0. The van der Waals surface area contributed by atoms with Gasteiger partial charge >= 0.3 is 0 Å². The molecule has 3 aromatic carbocycles. The number of thioether (sulfide) groups is 1. The number of aromatic nitrogens is 3. The van der Waals surface area contributed by atoms with Crippen LogP contribution in [0.3, 0.4) is 0 Å². The summed E-state index contributed by atoms with van der Waals surface area (Å²) in [5, 5.41) is 9.65. The largest absolute Gasteiger partial charge is 0.302 e. The topological polar surface area (TPSA) is 68.1 Å². The lowest BCUT2D eigenvalue weighted by Gasteiger charge is -2.14. The Morgan fingerprint density at radius 2 is 1.48 bits per heavy atom. The fourth-order valence-corrected chi connectivity index (χ4v) is 5.03. The fourth-order valence-electron chi connectivity index (χ4n) is 3.81. The van der Waals surface area contributed by atoms with Gasteiger partial charge in [-0.3, -0.25) is 9.59 Å². The van der Waals surface area contributed by atoms with E-state index in [9.17, 15) is 9.59 Å². The van der Waals surface area contributed by atoms with Crippen LogP contribution >= 0.6 is 27.7 Å². The summed E-state index contributed by atoms with van der Waals surface area (Å²) in [5.41, 5.74) is 3.49. The summed E-state index contributed by atoms with van der Waals surface area (Å²) < 4.78 is 3.13. The van der Waals surface area contributed by atoms with Crippen LogP contribution in [0.5, 0.6) is 0 Å². The second kappa shape index (κ2) is 8.96. The van der Waals surface area contributed by atoms with E-state index in [2.05, 4.69) is 49.8 Å². The first-order chi connectivity index (χ1) is 16.1. The number of hydrogen-bond donors (Lipinski definition) is 0. The molecular formula is C25H19BrN4O2S. The highest BCUT2D eigenvalue weighted by Crippen LogP contribution is 2.31. The van der Waals surface area contributed by atoms with E-state index in [0.29, 0.717) is 16.8 Å². The lowest BCUT2D eigenvalue weighted by Crippen LogP contribution is -2.29. The van der Waals surface area contributed by atoms with Crippen molar-refractivity contribution in [1.29, 1.82) is 0 Å². The molecule has 1 aliphatic rings. The van der Waals surface area contributed by atoms with Crippen molar-refractivity contribution in [2.45, 2.75) is 24.4 Å². The van der Waals surface area contributed by atoms with Crippen molar-refractivity contribution >= 4 is 45.2 Å². The SMILES string of the molecule is CCn1c(SCc2ccc(Br)cc2)nnc1-c1ccc(N2C(=O)c3ccccc3C2=O)cc1. The molecule has 2 amide bonds. The van der Waals surface area contributed by atoms with Crippen LogP contribution < -0.4 is 4.90 Å². The Morgan fingerprint density at radius 3 is 2.09 bits per heavy atom. The average molecular weight is 519 g/mol. The van der Waals surface area contributed by atoms with Crippen LogP contribution in [0.4, 0.5) is 5.69 Å². The molecule has 4 aromatic rings. The van der Waals surface area contributed by atoms with Crippen LogP contribution in [0.1, 0.15) is 33.2 Å². The van der Waals surface area contributed by atoms with Crippen LogP contribution in [0.25, 0.3) is 11.4 Å². The van der Waals surface area contributed by atoms with Gasteiger partial charge in [0, 0.05) is 22.3 Å². The first-order valence-electron chi connectivity index (χ1n) is 10.5. The quantitative estimate of drug-likeness (QED) is 0.237. The van der Waals surface area contributed by atoms with Crippen LogP contribution in [0, 0.1) is 0 Å². The average Bonchev–Trinajstić information content (AvgIpc) is 3.37. The Hall–Kier alpha value is -3.23. The monoisotopic (exact) mass is 518 g/mol. The molecule has 0 N–H and O–H groups in total. The highest BCUT2D eigenvalue weighted by Gasteiger charge is 2.36. The van der Waals surface area contributed by atoms with Crippen LogP contribution in [-0.2, 0) is 12.3 Å². The predicted molar refractivity (Wildman–Crippen MR) is 132 cm³/mol. The van der Waals surface area contributed by atoms with Gasteiger partial charge in [-0.25, -0.2) is 4.90 Å². The van der Waals surface area contributed by atoms with E-state index in [1.807, 2.05) is 24.3 Å². The maximum absolute atomic E-state index is 12.7. The molecule has 0 saturated carbocycles. The smallest absolute Gasteiger partial charge is 0.266 e. The number of benzene rings is 3. The van der Waals surface area contributed by atoms with E-state index in [1.165, 1.54) is 10.5 Å². The fraction of sp³-hybridized carbons (Fsp3) is 0.120. The van der Waals surface area contributed by atoms with Crippen molar-refractivity contribution < 1.29 is 9.59 Å². The van der Waals surface area contributed by atoms with E-state index in [1.54, 1.807) is 48.2 Å². The van der Waals surface area contributed by atoms with Crippen molar-refractivity contribution in [3.05, 3.63) is 94.0 Å². The number of carbonyl (C=O) groups excluding carboxylic acids is 2. The molecule has 2 heterocycles. The van der Waals surface area contributed by atoms with Crippen molar-refractivity contribution in [2.75, 3.05) is 4.90 Å². The van der Waals surface area contributed by atoms with Gasteiger partial charge in [-0.15, -0.1) is 10.2 Å². The third-order valence-corrected chi connectivity index (χ3v) is 7.06. The molecule has 1 aliphatic heterocycles. The Labute approximate surface area is 203 Å². The summed E-state index contributed by atoms with van der Waals surface area (Å²) >= 11 is 5.10. The minimum atomic E-state index is -0.299. The van der Waals surface area contributed by atoms with E-state index < -0.39 is 0 Å². The van der Waals surface area contributed by atoms with Gasteiger partial charge in [-0.1, -0.05) is 52.0 Å². The van der Waals surface area contributed by atoms with Gasteiger partial charge in [0.2, 0.25) is 0 Å². The summed E-state index contributed by atoms with van der Waals surface area (Å²) in [5.74, 6) is 0.951. The maximum atomic E-state index is 12.7. The molecule has 0 atom stereocenters. The molecule has 0 radical (unpaired) electrons. The zero-order valence-corrected chi connectivity index (χ0v) is 20.1. The van der Waals surface area contributed by atoms with E-state index >= 15 is 0 Å². The van der Waals surface area contributed by atoms with Gasteiger partial charge in [0.1, 0.15) is 0 Å². The Bertz CT molecular complexity index is 1310. The summed E-state index contributed by atoms with van der Waals surface area (Å²) in [6, 6.07) is 22.4. The second-order valence-electron chi connectivity index (χ2n) is 7.50. The first-order valence-corrected chi connectivity index (χ1v) is 12.2. The molecule has 0 saturated heterocycles.